The monoisotopic (exact) mass is 418 g/mol. The first kappa shape index (κ1) is 21.8. The predicted molar refractivity (Wildman–Crippen MR) is 100 cm³/mol. The third-order valence-electron chi connectivity index (χ3n) is 4.79. The highest BCUT2D eigenvalue weighted by Gasteiger charge is 2.33. The molecule has 8 nitrogen and oxygen atoms in total. The van der Waals surface area contributed by atoms with Crippen LogP contribution in [0.1, 0.15) is 26.7 Å². The number of carbonyl (C=O) groups excluding carboxylic acids is 1. The normalized spacial score (nSPS) is 17.2. The van der Waals surface area contributed by atoms with Crippen LogP contribution in [-0.2, 0) is 29.6 Å². The topological polar surface area (TPSA) is 101 Å². The van der Waals surface area contributed by atoms with E-state index < -0.39 is 20.0 Å². The van der Waals surface area contributed by atoms with Crippen molar-refractivity contribution in [3.05, 3.63) is 24.3 Å². The second-order valence-electron chi connectivity index (χ2n) is 6.26. The first-order valence-electron chi connectivity index (χ1n) is 8.86. The van der Waals surface area contributed by atoms with E-state index in [4.69, 9.17) is 4.74 Å². The fraction of sp³-hybridized carbons (Fsp3) is 0.588. The van der Waals surface area contributed by atoms with Crippen molar-refractivity contribution in [2.75, 3.05) is 33.3 Å². The maximum absolute atomic E-state index is 12.8. The van der Waals surface area contributed by atoms with E-state index in [9.17, 15) is 21.6 Å². The van der Waals surface area contributed by atoms with Crippen LogP contribution >= 0.6 is 0 Å². The molecule has 10 heteroatoms. The fourth-order valence-corrected chi connectivity index (χ4v) is 6.07. The summed E-state index contributed by atoms with van der Waals surface area (Å²) in [6.07, 6.45) is 0.806. The summed E-state index contributed by atoms with van der Waals surface area (Å²) in [4.78, 5) is 11.7. The second-order valence-corrected chi connectivity index (χ2v) is 10.1. The molecule has 0 saturated carbocycles. The molecule has 1 aromatic rings. The number of nitrogens with zero attached hydrogens (tertiary/aromatic N) is 2. The lowest BCUT2D eigenvalue weighted by Gasteiger charge is -2.29. The fourth-order valence-electron chi connectivity index (χ4n) is 3.14. The highest BCUT2D eigenvalue weighted by Crippen LogP contribution is 2.26. The van der Waals surface area contributed by atoms with Gasteiger partial charge in [0.2, 0.25) is 20.0 Å². The van der Waals surface area contributed by atoms with Crippen LogP contribution in [0.5, 0.6) is 0 Å². The van der Waals surface area contributed by atoms with Crippen molar-refractivity contribution in [2.24, 2.45) is 5.92 Å². The van der Waals surface area contributed by atoms with E-state index in [-0.39, 0.29) is 34.8 Å². The molecule has 0 aromatic heterocycles. The maximum atomic E-state index is 12.8. The Morgan fingerprint density at radius 1 is 1.04 bits per heavy atom. The maximum Gasteiger partial charge on any atom is 0.308 e. The van der Waals surface area contributed by atoms with E-state index in [2.05, 4.69) is 0 Å². The number of esters is 1. The molecular formula is C17H26N2O6S2. The summed E-state index contributed by atoms with van der Waals surface area (Å²) in [6, 6.07) is 5.28. The van der Waals surface area contributed by atoms with Gasteiger partial charge in [0.15, 0.2) is 0 Å². The van der Waals surface area contributed by atoms with Gasteiger partial charge in [0.25, 0.3) is 0 Å². The van der Waals surface area contributed by atoms with Gasteiger partial charge >= 0.3 is 5.97 Å². The molecule has 152 valence electrons. The molecule has 27 heavy (non-hydrogen) atoms. The number of hydrogen-bond donors (Lipinski definition) is 0. The van der Waals surface area contributed by atoms with Crippen molar-refractivity contribution in [3.8, 4) is 0 Å². The molecule has 1 aliphatic heterocycles. The van der Waals surface area contributed by atoms with Gasteiger partial charge in [0.1, 0.15) is 0 Å². The number of ether oxygens (including phenoxy) is 1. The van der Waals surface area contributed by atoms with Gasteiger partial charge < -0.3 is 4.74 Å². The molecule has 2 rings (SSSR count). The van der Waals surface area contributed by atoms with Crippen LogP contribution in [0, 0.1) is 5.92 Å². The van der Waals surface area contributed by atoms with Crippen LogP contribution in [-0.4, -0.2) is 64.7 Å². The Hall–Kier alpha value is -1.49. The number of rotatable bonds is 7. The number of hydrogen-bond acceptors (Lipinski definition) is 6. The summed E-state index contributed by atoms with van der Waals surface area (Å²) >= 11 is 0. The summed E-state index contributed by atoms with van der Waals surface area (Å²) in [5.41, 5.74) is 0. The Labute approximate surface area is 161 Å². The summed E-state index contributed by atoms with van der Waals surface area (Å²) in [5.74, 6) is -0.610. The average Bonchev–Trinajstić information content (AvgIpc) is 2.68. The smallest absolute Gasteiger partial charge is 0.308 e. The van der Waals surface area contributed by atoms with E-state index in [1.165, 1.54) is 40.0 Å². The largest absolute Gasteiger partial charge is 0.469 e. The number of carbonyl (C=O) groups is 1. The van der Waals surface area contributed by atoms with Crippen LogP contribution in [0.3, 0.4) is 0 Å². The minimum atomic E-state index is -3.74. The van der Waals surface area contributed by atoms with Gasteiger partial charge in [-0.05, 0) is 37.1 Å². The zero-order chi connectivity index (χ0) is 20.2. The van der Waals surface area contributed by atoms with E-state index >= 15 is 0 Å². The lowest BCUT2D eigenvalue weighted by molar-refractivity contribution is -0.146. The van der Waals surface area contributed by atoms with Gasteiger partial charge in [-0.3, -0.25) is 4.79 Å². The van der Waals surface area contributed by atoms with Crippen LogP contribution < -0.4 is 0 Å². The van der Waals surface area contributed by atoms with E-state index in [1.807, 2.05) is 0 Å². The van der Waals surface area contributed by atoms with E-state index in [0.29, 0.717) is 25.9 Å². The first-order chi connectivity index (χ1) is 12.7. The van der Waals surface area contributed by atoms with Crippen molar-refractivity contribution < 1.29 is 26.4 Å². The molecule has 0 atom stereocenters. The Morgan fingerprint density at radius 3 is 1.96 bits per heavy atom. The molecule has 1 saturated heterocycles. The molecule has 0 aliphatic carbocycles. The minimum Gasteiger partial charge on any atom is -0.469 e. The highest BCUT2D eigenvalue weighted by molar-refractivity contribution is 7.89. The Morgan fingerprint density at radius 2 is 1.52 bits per heavy atom. The Bertz CT molecular complexity index is 853. The van der Waals surface area contributed by atoms with Crippen molar-refractivity contribution >= 4 is 26.0 Å². The third-order valence-corrected chi connectivity index (χ3v) is 8.77. The zero-order valence-corrected chi connectivity index (χ0v) is 17.4. The number of methoxy groups -OCH3 is 1. The Kier molecular flexibility index (Phi) is 7.01. The summed E-state index contributed by atoms with van der Waals surface area (Å²) < 4.78 is 57.9. The van der Waals surface area contributed by atoms with E-state index in [1.54, 1.807) is 13.8 Å². The summed E-state index contributed by atoms with van der Waals surface area (Å²) in [6.45, 7) is 4.63. The van der Waals surface area contributed by atoms with Gasteiger partial charge in [-0.25, -0.2) is 16.8 Å². The average molecular weight is 419 g/mol. The molecule has 1 fully saturated rings. The molecule has 1 aliphatic rings. The molecule has 0 amide bonds. The van der Waals surface area contributed by atoms with Crippen LogP contribution in [0.2, 0.25) is 0 Å². The molecule has 1 aromatic carbocycles. The van der Waals surface area contributed by atoms with Crippen molar-refractivity contribution in [1.29, 1.82) is 0 Å². The van der Waals surface area contributed by atoms with Gasteiger partial charge in [0.05, 0.1) is 22.8 Å². The van der Waals surface area contributed by atoms with Gasteiger partial charge in [-0.15, -0.1) is 0 Å². The highest BCUT2D eigenvalue weighted by atomic mass is 32.2. The number of benzene rings is 1. The quantitative estimate of drug-likeness (QED) is 0.619. The predicted octanol–water partition coefficient (Wildman–Crippen LogP) is 1.29. The van der Waals surface area contributed by atoms with Gasteiger partial charge in [0, 0.05) is 26.2 Å². The lowest BCUT2D eigenvalue weighted by atomic mass is 9.99. The van der Waals surface area contributed by atoms with Crippen molar-refractivity contribution in [1.82, 2.24) is 8.61 Å². The van der Waals surface area contributed by atoms with Crippen molar-refractivity contribution in [2.45, 2.75) is 36.5 Å². The van der Waals surface area contributed by atoms with E-state index in [0.717, 1.165) is 0 Å². The van der Waals surface area contributed by atoms with Crippen molar-refractivity contribution in [3.63, 3.8) is 0 Å². The second kappa shape index (κ2) is 8.68. The summed E-state index contributed by atoms with van der Waals surface area (Å²) in [7, 11) is -6.05. The van der Waals surface area contributed by atoms with Crippen LogP contribution in [0.4, 0.5) is 0 Å². The minimum absolute atomic E-state index is 0.0394. The molecule has 0 radical (unpaired) electrons. The molecule has 0 N–H and O–H groups in total. The molecule has 0 spiro atoms. The zero-order valence-electron chi connectivity index (χ0n) is 15.8. The molecular weight excluding hydrogens is 392 g/mol. The SMILES string of the molecule is CCN(CC)S(=O)(=O)c1ccc(S(=O)(=O)N2CCC(C(=O)OC)CC2)cc1. The van der Waals surface area contributed by atoms with Gasteiger partial charge in [-0.1, -0.05) is 13.8 Å². The van der Waals surface area contributed by atoms with Crippen LogP contribution in [0.15, 0.2) is 34.1 Å². The molecule has 1 heterocycles. The molecule has 0 unspecified atom stereocenters. The third kappa shape index (κ3) is 4.50. The first-order valence-corrected chi connectivity index (χ1v) is 11.7. The molecule has 0 bridgehead atoms. The van der Waals surface area contributed by atoms with Gasteiger partial charge in [-0.2, -0.15) is 8.61 Å². The van der Waals surface area contributed by atoms with Crippen LogP contribution in [0.25, 0.3) is 0 Å². The number of sulfonamides is 2. The standard InChI is InChI=1S/C17H26N2O6S2/c1-4-18(5-2)26(21,22)15-6-8-16(9-7-15)27(23,24)19-12-10-14(11-13-19)17(20)25-3/h6-9,14H,4-5,10-13H2,1-3H3. The lowest BCUT2D eigenvalue weighted by Crippen LogP contribution is -2.40. The summed E-state index contributed by atoms with van der Waals surface area (Å²) in [5, 5.41) is 0. The number of piperidine rings is 1. The Balaban J connectivity index is 2.18.